The van der Waals surface area contributed by atoms with Crippen molar-refractivity contribution in [3.05, 3.63) is 76.7 Å². The first-order valence-electron chi connectivity index (χ1n) is 12.8. The van der Waals surface area contributed by atoms with Crippen molar-refractivity contribution in [1.82, 2.24) is 20.0 Å². The molecule has 1 saturated carbocycles. The Balaban J connectivity index is 1.65. The summed E-state index contributed by atoms with van der Waals surface area (Å²) in [4.78, 5) is 16.6. The summed E-state index contributed by atoms with van der Waals surface area (Å²) >= 11 is 0. The van der Waals surface area contributed by atoms with Crippen LogP contribution < -0.4 is 16.4 Å². The highest BCUT2D eigenvalue weighted by atomic mass is 16.1. The number of aromatic nitrogens is 4. The van der Waals surface area contributed by atoms with E-state index in [4.69, 9.17) is 5.73 Å². The Kier molecular flexibility index (Phi) is 6.63. The molecule has 0 saturated heterocycles. The molecule has 4 aromatic rings. The number of primary amides is 1. The normalized spacial score (nSPS) is 13.9. The lowest BCUT2D eigenvalue weighted by Gasteiger charge is -2.23. The zero-order chi connectivity index (χ0) is 27.7. The van der Waals surface area contributed by atoms with Crippen LogP contribution in [0.2, 0.25) is 0 Å². The number of nitrogens with one attached hydrogen (secondary N) is 2. The van der Waals surface area contributed by atoms with Crippen LogP contribution in [0.15, 0.2) is 48.8 Å². The van der Waals surface area contributed by atoms with E-state index in [1.807, 2.05) is 16.9 Å². The third-order valence-electron chi connectivity index (χ3n) is 6.57. The number of fused-ring (bicyclic) bond motifs is 1. The number of carbonyl (C=O) groups excluding carboxylic acids is 1. The first kappa shape index (κ1) is 25.7. The SMILES string of the molecule is CC(C)(C)CNc1c(C#N)cnc2c(N[C@@H](c3cccc(C(N)=O)c3)c3cn(C4CC4)nn3)cc(C#N)cc12. The Morgan fingerprint density at radius 2 is 2.00 bits per heavy atom. The monoisotopic (exact) mass is 519 g/mol. The van der Waals surface area contributed by atoms with Crippen LogP contribution in [0.3, 0.4) is 0 Å². The van der Waals surface area contributed by atoms with E-state index >= 15 is 0 Å². The quantitative estimate of drug-likeness (QED) is 0.303. The van der Waals surface area contributed by atoms with E-state index in [1.54, 1.807) is 30.3 Å². The minimum absolute atomic E-state index is 0.0415. The molecule has 4 N–H and O–H groups in total. The van der Waals surface area contributed by atoms with Gasteiger partial charge in [-0.15, -0.1) is 5.10 Å². The first-order chi connectivity index (χ1) is 18.7. The zero-order valence-electron chi connectivity index (χ0n) is 22.1. The molecule has 1 aliphatic rings. The maximum atomic E-state index is 12.0. The Bertz CT molecular complexity index is 1650. The van der Waals surface area contributed by atoms with E-state index in [2.05, 4.69) is 58.8 Å². The number of nitrogens with two attached hydrogens (primary N) is 1. The molecule has 0 aliphatic heterocycles. The van der Waals surface area contributed by atoms with E-state index in [9.17, 15) is 15.3 Å². The van der Waals surface area contributed by atoms with Crippen molar-refractivity contribution >= 4 is 28.2 Å². The molecule has 10 heteroatoms. The second kappa shape index (κ2) is 10.1. The molecular formula is C29H29N9O. The van der Waals surface area contributed by atoms with Crippen LogP contribution in [0.5, 0.6) is 0 Å². The molecule has 10 nitrogen and oxygen atoms in total. The summed E-state index contributed by atoms with van der Waals surface area (Å²) < 4.78 is 1.86. The fraction of sp³-hybridized carbons (Fsp3) is 0.310. The number of rotatable bonds is 8. The average molecular weight is 520 g/mol. The Morgan fingerprint density at radius 3 is 2.67 bits per heavy atom. The summed E-state index contributed by atoms with van der Waals surface area (Å²) in [6, 6.07) is 14.8. The lowest BCUT2D eigenvalue weighted by molar-refractivity contribution is 0.1000. The number of amides is 1. The van der Waals surface area contributed by atoms with E-state index in [1.165, 1.54) is 6.20 Å². The van der Waals surface area contributed by atoms with Crippen molar-refractivity contribution in [2.45, 2.75) is 45.7 Å². The number of carbonyl (C=O) groups is 1. The highest BCUT2D eigenvalue weighted by molar-refractivity contribution is 6.01. The van der Waals surface area contributed by atoms with E-state index in [0.29, 0.717) is 57.2 Å². The van der Waals surface area contributed by atoms with Gasteiger partial charge in [0.05, 0.1) is 52.4 Å². The Labute approximate surface area is 226 Å². The van der Waals surface area contributed by atoms with Gasteiger partial charge in [0.25, 0.3) is 0 Å². The fourth-order valence-corrected chi connectivity index (χ4v) is 4.40. The molecule has 1 aliphatic carbocycles. The van der Waals surface area contributed by atoms with Gasteiger partial charge in [-0.05, 0) is 48.1 Å². The average Bonchev–Trinajstić information content (AvgIpc) is 3.66. The molecule has 196 valence electrons. The summed E-state index contributed by atoms with van der Waals surface area (Å²) in [5.74, 6) is -0.533. The second-order valence-electron chi connectivity index (χ2n) is 11.0. The lowest BCUT2D eigenvalue weighted by Crippen LogP contribution is -2.20. The van der Waals surface area contributed by atoms with Gasteiger partial charge in [0.15, 0.2) is 0 Å². The van der Waals surface area contributed by atoms with Crippen LogP contribution in [0.4, 0.5) is 11.4 Å². The molecule has 1 atom stereocenters. The lowest BCUT2D eigenvalue weighted by atomic mass is 9.96. The van der Waals surface area contributed by atoms with E-state index in [0.717, 1.165) is 18.4 Å². The summed E-state index contributed by atoms with van der Waals surface area (Å²) in [7, 11) is 0. The van der Waals surface area contributed by atoms with Gasteiger partial charge in [0, 0.05) is 23.7 Å². The highest BCUT2D eigenvalue weighted by Crippen LogP contribution is 2.37. The maximum absolute atomic E-state index is 12.0. The predicted molar refractivity (Wildman–Crippen MR) is 148 cm³/mol. The molecule has 0 unspecified atom stereocenters. The van der Waals surface area contributed by atoms with Gasteiger partial charge in [0.2, 0.25) is 5.91 Å². The standard InChI is InChI=1S/C29H29N9O/c1-29(2,3)16-34-25-20(13-31)14-33-27-22(25)9-17(12-30)10-23(27)35-26(18-5-4-6-19(11-18)28(32)39)24-15-38(37-36-24)21-7-8-21/h4-6,9-11,14-15,21,26,35H,7-8,16H2,1-3H3,(H2,32,39)(H,33,34)/t26-/m0/s1. The molecule has 0 radical (unpaired) electrons. The van der Waals surface area contributed by atoms with Crippen molar-refractivity contribution < 1.29 is 4.79 Å². The number of hydrogen-bond acceptors (Lipinski definition) is 8. The summed E-state index contributed by atoms with van der Waals surface area (Å²) in [6.07, 6.45) is 5.56. The largest absolute Gasteiger partial charge is 0.383 e. The van der Waals surface area contributed by atoms with Gasteiger partial charge >= 0.3 is 0 Å². The number of hydrogen-bond donors (Lipinski definition) is 3. The van der Waals surface area contributed by atoms with Gasteiger partial charge in [0.1, 0.15) is 11.8 Å². The zero-order valence-corrected chi connectivity index (χ0v) is 22.1. The van der Waals surface area contributed by atoms with Gasteiger partial charge < -0.3 is 16.4 Å². The van der Waals surface area contributed by atoms with Crippen LogP contribution in [-0.4, -0.2) is 32.4 Å². The van der Waals surface area contributed by atoms with Crippen molar-refractivity contribution in [2.75, 3.05) is 17.2 Å². The Hall–Kier alpha value is -4.96. The summed E-state index contributed by atoms with van der Waals surface area (Å²) in [6.45, 7) is 6.92. The third-order valence-corrected chi connectivity index (χ3v) is 6.57. The Morgan fingerprint density at radius 1 is 1.21 bits per heavy atom. The maximum Gasteiger partial charge on any atom is 0.248 e. The van der Waals surface area contributed by atoms with Crippen molar-refractivity contribution in [2.24, 2.45) is 11.1 Å². The van der Waals surface area contributed by atoms with Crippen molar-refractivity contribution in [1.29, 1.82) is 10.5 Å². The van der Waals surface area contributed by atoms with Gasteiger partial charge in [-0.2, -0.15) is 10.5 Å². The van der Waals surface area contributed by atoms with Crippen molar-refractivity contribution in [3.63, 3.8) is 0 Å². The number of nitriles is 2. The fourth-order valence-electron chi connectivity index (χ4n) is 4.40. The van der Waals surface area contributed by atoms with E-state index < -0.39 is 11.9 Å². The summed E-state index contributed by atoms with van der Waals surface area (Å²) in [5, 5.41) is 36.0. The van der Waals surface area contributed by atoms with Crippen molar-refractivity contribution in [3.8, 4) is 12.1 Å². The topological polar surface area (TPSA) is 158 Å². The third kappa shape index (κ3) is 5.51. The summed E-state index contributed by atoms with van der Waals surface area (Å²) in [5.41, 5.74) is 9.92. The molecule has 2 heterocycles. The minimum Gasteiger partial charge on any atom is -0.383 e. The smallest absolute Gasteiger partial charge is 0.248 e. The van der Waals surface area contributed by atoms with Gasteiger partial charge in [-0.3, -0.25) is 9.78 Å². The highest BCUT2D eigenvalue weighted by Gasteiger charge is 2.28. The number of nitrogens with zero attached hydrogens (tertiary/aromatic N) is 6. The molecule has 2 aromatic carbocycles. The predicted octanol–water partition coefficient (Wildman–Crippen LogP) is 4.66. The van der Waals surface area contributed by atoms with Crippen LogP contribution in [-0.2, 0) is 0 Å². The molecule has 39 heavy (non-hydrogen) atoms. The molecule has 2 aromatic heterocycles. The first-order valence-corrected chi connectivity index (χ1v) is 12.8. The molecule has 1 amide bonds. The van der Waals surface area contributed by atoms with Crippen LogP contribution in [0, 0.1) is 28.1 Å². The van der Waals surface area contributed by atoms with Crippen LogP contribution in [0.1, 0.15) is 78.4 Å². The number of anilines is 2. The van der Waals surface area contributed by atoms with Crippen LogP contribution >= 0.6 is 0 Å². The molecule has 0 spiro atoms. The number of benzene rings is 2. The molecule has 0 bridgehead atoms. The molecule has 1 fully saturated rings. The second-order valence-corrected chi connectivity index (χ2v) is 11.0. The minimum atomic E-state index is -0.533. The van der Waals surface area contributed by atoms with Gasteiger partial charge in [-0.1, -0.05) is 38.1 Å². The molecular weight excluding hydrogens is 490 g/mol. The van der Waals surface area contributed by atoms with Gasteiger partial charge in [-0.25, -0.2) is 4.68 Å². The van der Waals surface area contributed by atoms with E-state index in [-0.39, 0.29) is 5.41 Å². The van der Waals surface area contributed by atoms with Crippen LogP contribution in [0.25, 0.3) is 10.9 Å². The molecule has 5 rings (SSSR count). The number of pyridine rings is 1.